The number of benzene rings is 1. The van der Waals surface area contributed by atoms with Gasteiger partial charge in [0, 0.05) is 24.8 Å². The third-order valence-electron chi connectivity index (χ3n) is 3.00. The zero-order valence-electron chi connectivity index (χ0n) is 12.0. The van der Waals surface area contributed by atoms with E-state index >= 15 is 0 Å². The Labute approximate surface area is 110 Å². The molecule has 18 heavy (non-hydrogen) atoms. The van der Waals surface area contributed by atoms with Crippen LogP contribution in [0.1, 0.15) is 39.7 Å². The minimum Gasteiger partial charge on any atom is -0.369 e. The van der Waals surface area contributed by atoms with Crippen molar-refractivity contribution >= 4 is 5.69 Å². The van der Waals surface area contributed by atoms with Gasteiger partial charge in [-0.15, -0.1) is 0 Å². The lowest BCUT2D eigenvalue weighted by molar-refractivity contribution is 0.616. The molecule has 2 nitrogen and oxygen atoms in total. The molecule has 0 aliphatic carbocycles. The summed E-state index contributed by atoms with van der Waals surface area (Å²) in [4.78, 5) is 2.34. The Morgan fingerprint density at radius 1 is 1.28 bits per heavy atom. The second-order valence-electron chi connectivity index (χ2n) is 4.84. The van der Waals surface area contributed by atoms with E-state index in [0.29, 0.717) is 6.04 Å². The molecule has 102 valence electrons. The van der Waals surface area contributed by atoms with Gasteiger partial charge in [-0.1, -0.05) is 13.8 Å². The van der Waals surface area contributed by atoms with Crippen LogP contribution < -0.4 is 10.2 Å². The summed E-state index contributed by atoms with van der Waals surface area (Å²) in [5.74, 6) is -0.160. The van der Waals surface area contributed by atoms with Gasteiger partial charge in [0.1, 0.15) is 5.82 Å². The zero-order valence-corrected chi connectivity index (χ0v) is 12.0. The second-order valence-corrected chi connectivity index (χ2v) is 4.84. The van der Waals surface area contributed by atoms with Crippen molar-refractivity contribution in [1.82, 2.24) is 5.32 Å². The fourth-order valence-electron chi connectivity index (χ4n) is 2.13. The highest BCUT2D eigenvalue weighted by atomic mass is 19.1. The van der Waals surface area contributed by atoms with E-state index in [0.717, 1.165) is 37.3 Å². The van der Waals surface area contributed by atoms with Crippen LogP contribution in [0.15, 0.2) is 18.2 Å². The molecular weight excluding hydrogens is 227 g/mol. The minimum atomic E-state index is -0.160. The van der Waals surface area contributed by atoms with Gasteiger partial charge in [-0.2, -0.15) is 0 Å². The zero-order chi connectivity index (χ0) is 13.5. The van der Waals surface area contributed by atoms with Crippen molar-refractivity contribution < 1.29 is 4.39 Å². The molecule has 0 unspecified atom stereocenters. The number of halogens is 1. The molecular formula is C15H25FN2. The molecule has 3 heteroatoms. The van der Waals surface area contributed by atoms with Crippen molar-refractivity contribution in [2.24, 2.45) is 0 Å². The monoisotopic (exact) mass is 252 g/mol. The van der Waals surface area contributed by atoms with Gasteiger partial charge in [-0.05, 0) is 50.6 Å². The highest BCUT2D eigenvalue weighted by molar-refractivity contribution is 5.54. The van der Waals surface area contributed by atoms with E-state index in [2.05, 4.69) is 37.9 Å². The molecule has 0 spiro atoms. The van der Waals surface area contributed by atoms with E-state index in [9.17, 15) is 4.39 Å². The Morgan fingerprint density at radius 3 is 2.56 bits per heavy atom. The average Bonchev–Trinajstić information content (AvgIpc) is 2.34. The summed E-state index contributed by atoms with van der Waals surface area (Å²) >= 11 is 0. The van der Waals surface area contributed by atoms with Crippen molar-refractivity contribution in [3.8, 4) is 0 Å². The summed E-state index contributed by atoms with van der Waals surface area (Å²) < 4.78 is 13.4. The fourth-order valence-corrected chi connectivity index (χ4v) is 2.13. The Bertz CT molecular complexity index is 364. The van der Waals surface area contributed by atoms with Crippen LogP contribution in [0.5, 0.6) is 0 Å². The number of rotatable bonds is 7. The third kappa shape index (κ3) is 3.98. The molecule has 1 aromatic rings. The fraction of sp³-hybridized carbons (Fsp3) is 0.600. The highest BCUT2D eigenvalue weighted by Crippen LogP contribution is 2.24. The second kappa shape index (κ2) is 7.37. The van der Waals surface area contributed by atoms with Crippen molar-refractivity contribution in [2.45, 2.75) is 46.7 Å². The van der Waals surface area contributed by atoms with E-state index in [1.807, 2.05) is 6.07 Å². The van der Waals surface area contributed by atoms with Gasteiger partial charge in [0.25, 0.3) is 0 Å². The SMILES string of the molecule is CCCN(c1ccc(F)cc1CNCC)C(C)C. The first-order chi connectivity index (χ1) is 8.60. The van der Waals surface area contributed by atoms with Crippen LogP contribution in [0.3, 0.4) is 0 Å². The van der Waals surface area contributed by atoms with Gasteiger partial charge in [0.2, 0.25) is 0 Å². The van der Waals surface area contributed by atoms with Crippen LogP contribution in [-0.4, -0.2) is 19.1 Å². The molecule has 1 rings (SSSR count). The molecule has 1 aromatic carbocycles. The lowest BCUT2D eigenvalue weighted by Crippen LogP contribution is -2.32. The Balaban J connectivity index is 3.03. The van der Waals surface area contributed by atoms with Gasteiger partial charge in [0.05, 0.1) is 0 Å². The maximum absolute atomic E-state index is 13.4. The molecule has 0 heterocycles. The number of nitrogens with one attached hydrogen (secondary N) is 1. The van der Waals surface area contributed by atoms with Crippen LogP contribution in [0.25, 0.3) is 0 Å². The van der Waals surface area contributed by atoms with Crippen molar-refractivity contribution in [3.05, 3.63) is 29.6 Å². The molecule has 0 aliphatic rings. The minimum absolute atomic E-state index is 0.160. The quantitative estimate of drug-likeness (QED) is 0.798. The third-order valence-corrected chi connectivity index (χ3v) is 3.00. The molecule has 0 amide bonds. The Morgan fingerprint density at radius 2 is 2.00 bits per heavy atom. The molecule has 0 aliphatic heterocycles. The molecule has 0 radical (unpaired) electrons. The normalized spacial score (nSPS) is 11.0. The van der Waals surface area contributed by atoms with Gasteiger partial charge >= 0.3 is 0 Å². The van der Waals surface area contributed by atoms with Crippen LogP contribution in [-0.2, 0) is 6.54 Å². The van der Waals surface area contributed by atoms with Crippen molar-refractivity contribution in [3.63, 3.8) is 0 Å². The molecule has 0 saturated carbocycles. The van der Waals surface area contributed by atoms with Crippen LogP contribution in [0, 0.1) is 5.82 Å². The number of hydrogen-bond donors (Lipinski definition) is 1. The van der Waals surface area contributed by atoms with Crippen LogP contribution in [0.2, 0.25) is 0 Å². The molecule has 1 N–H and O–H groups in total. The lowest BCUT2D eigenvalue weighted by Gasteiger charge is -2.30. The number of anilines is 1. The highest BCUT2D eigenvalue weighted by Gasteiger charge is 2.14. The van der Waals surface area contributed by atoms with Gasteiger partial charge in [-0.3, -0.25) is 0 Å². The van der Waals surface area contributed by atoms with Gasteiger partial charge in [-0.25, -0.2) is 4.39 Å². The first kappa shape index (κ1) is 15.0. The summed E-state index contributed by atoms with van der Waals surface area (Å²) in [6.07, 6.45) is 1.09. The summed E-state index contributed by atoms with van der Waals surface area (Å²) in [6, 6.07) is 5.52. The summed E-state index contributed by atoms with van der Waals surface area (Å²) in [6.45, 7) is 11.2. The topological polar surface area (TPSA) is 15.3 Å². The number of nitrogens with zero attached hydrogens (tertiary/aromatic N) is 1. The van der Waals surface area contributed by atoms with Crippen LogP contribution in [0.4, 0.5) is 10.1 Å². The van der Waals surface area contributed by atoms with E-state index in [-0.39, 0.29) is 5.82 Å². The predicted molar refractivity (Wildman–Crippen MR) is 76.6 cm³/mol. The van der Waals surface area contributed by atoms with E-state index in [4.69, 9.17) is 0 Å². The average molecular weight is 252 g/mol. The summed E-state index contributed by atoms with van der Waals surface area (Å²) in [5.41, 5.74) is 2.19. The smallest absolute Gasteiger partial charge is 0.123 e. The predicted octanol–water partition coefficient (Wildman–Crippen LogP) is 3.56. The van der Waals surface area contributed by atoms with Gasteiger partial charge < -0.3 is 10.2 Å². The molecule has 0 atom stereocenters. The molecule has 0 bridgehead atoms. The molecule has 0 fully saturated rings. The summed E-state index contributed by atoms with van der Waals surface area (Å²) in [7, 11) is 0. The van der Waals surface area contributed by atoms with Crippen molar-refractivity contribution in [1.29, 1.82) is 0 Å². The first-order valence-electron chi connectivity index (χ1n) is 6.85. The maximum Gasteiger partial charge on any atom is 0.123 e. The Hall–Kier alpha value is -1.09. The Kier molecular flexibility index (Phi) is 6.13. The van der Waals surface area contributed by atoms with Crippen LogP contribution >= 0.6 is 0 Å². The van der Waals surface area contributed by atoms with Crippen molar-refractivity contribution in [2.75, 3.05) is 18.0 Å². The standard InChI is InChI=1S/C15H25FN2/c1-5-9-18(12(3)4)15-8-7-14(16)10-13(15)11-17-6-2/h7-8,10,12,17H,5-6,9,11H2,1-4H3. The van der Waals surface area contributed by atoms with E-state index in [1.165, 1.54) is 0 Å². The lowest BCUT2D eigenvalue weighted by atomic mass is 10.1. The molecule has 0 aromatic heterocycles. The largest absolute Gasteiger partial charge is 0.369 e. The maximum atomic E-state index is 13.4. The van der Waals surface area contributed by atoms with E-state index < -0.39 is 0 Å². The summed E-state index contributed by atoms with van der Waals surface area (Å²) in [5, 5.41) is 3.27. The number of hydrogen-bond acceptors (Lipinski definition) is 2. The molecule has 0 saturated heterocycles. The van der Waals surface area contributed by atoms with Gasteiger partial charge in [0.15, 0.2) is 0 Å². The van der Waals surface area contributed by atoms with E-state index in [1.54, 1.807) is 12.1 Å². The first-order valence-corrected chi connectivity index (χ1v) is 6.85.